The van der Waals surface area contributed by atoms with E-state index in [0.29, 0.717) is 0 Å². The molecule has 0 radical (unpaired) electrons. The second kappa shape index (κ2) is 6.97. The van der Waals surface area contributed by atoms with Crippen LogP contribution in [0.15, 0.2) is 84.9 Å². The molecule has 0 spiro atoms. The molecule has 0 aliphatic carbocycles. The van der Waals surface area contributed by atoms with Crippen molar-refractivity contribution in [2.24, 2.45) is 0 Å². The van der Waals surface area contributed by atoms with Gasteiger partial charge in [0, 0.05) is 6.67 Å². The van der Waals surface area contributed by atoms with Crippen molar-refractivity contribution in [3.8, 4) is 11.1 Å². The molecule has 0 saturated carbocycles. The topological polar surface area (TPSA) is 36.1 Å². The Morgan fingerprint density at radius 2 is 1.04 bits per heavy atom. The fourth-order valence-corrected chi connectivity index (χ4v) is 3.12. The number of hydrogen-bond acceptors (Lipinski definition) is 3. The maximum atomic E-state index is 3.62. The van der Waals surface area contributed by atoms with Crippen molar-refractivity contribution in [3.63, 3.8) is 0 Å². The van der Waals surface area contributed by atoms with Crippen LogP contribution in [0.5, 0.6) is 0 Å². The minimum Gasteiger partial charge on any atom is -0.285 e. The Labute approximate surface area is 142 Å². The van der Waals surface area contributed by atoms with Gasteiger partial charge in [-0.3, -0.25) is 16.0 Å². The minimum atomic E-state index is 0.140. The Kier molecular flexibility index (Phi) is 4.38. The van der Waals surface area contributed by atoms with E-state index in [2.05, 4.69) is 88.7 Å². The first-order chi connectivity index (χ1) is 11.9. The molecular weight excluding hydrogens is 294 g/mol. The van der Waals surface area contributed by atoms with E-state index in [1.165, 1.54) is 22.3 Å². The lowest BCUT2D eigenvalue weighted by atomic mass is 10.0. The summed E-state index contributed by atoms with van der Waals surface area (Å²) in [6.45, 7) is 0.775. The molecule has 3 nitrogen and oxygen atoms in total. The third kappa shape index (κ3) is 3.24. The van der Waals surface area contributed by atoms with Crippen molar-refractivity contribution in [3.05, 3.63) is 96.1 Å². The van der Waals surface area contributed by atoms with E-state index < -0.39 is 0 Å². The summed E-state index contributed by atoms with van der Waals surface area (Å²) < 4.78 is 0. The molecule has 3 aromatic rings. The van der Waals surface area contributed by atoms with Gasteiger partial charge >= 0.3 is 0 Å². The van der Waals surface area contributed by atoms with Gasteiger partial charge in [0.05, 0.1) is 12.3 Å². The lowest BCUT2D eigenvalue weighted by Crippen LogP contribution is -2.52. The molecule has 3 aromatic carbocycles. The fraction of sp³-hybridized carbons (Fsp3) is 0.143. The summed E-state index contributed by atoms with van der Waals surface area (Å²) in [5.41, 5.74) is 4.99. The summed E-state index contributed by atoms with van der Waals surface area (Å²) in [6.07, 6.45) is 0.299. The molecule has 1 heterocycles. The van der Waals surface area contributed by atoms with Gasteiger partial charge in [-0.25, -0.2) is 0 Å². The highest BCUT2D eigenvalue weighted by atomic mass is 15.3. The Morgan fingerprint density at radius 1 is 0.542 bits per heavy atom. The van der Waals surface area contributed by atoms with Gasteiger partial charge in [0.2, 0.25) is 0 Å². The molecule has 2 atom stereocenters. The van der Waals surface area contributed by atoms with Crippen molar-refractivity contribution in [1.29, 1.82) is 0 Å². The summed E-state index contributed by atoms with van der Waals surface area (Å²) >= 11 is 0. The highest BCUT2D eigenvalue weighted by Crippen LogP contribution is 2.23. The molecule has 4 rings (SSSR count). The largest absolute Gasteiger partial charge is 0.285 e. The first-order valence-corrected chi connectivity index (χ1v) is 8.33. The third-order valence-electron chi connectivity index (χ3n) is 4.43. The molecule has 0 aromatic heterocycles. The number of nitrogens with one attached hydrogen (secondary N) is 3. The smallest absolute Gasteiger partial charge is 0.0859 e. The molecule has 1 fully saturated rings. The monoisotopic (exact) mass is 315 g/mol. The maximum Gasteiger partial charge on any atom is 0.0859 e. The predicted molar refractivity (Wildman–Crippen MR) is 98.1 cm³/mol. The van der Waals surface area contributed by atoms with Gasteiger partial charge in [-0.05, 0) is 22.3 Å². The van der Waals surface area contributed by atoms with Crippen molar-refractivity contribution in [2.45, 2.75) is 12.3 Å². The van der Waals surface area contributed by atoms with Gasteiger partial charge in [0.25, 0.3) is 0 Å². The SMILES string of the molecule is c1ccc(-c2ccc(C3NCNC(c4ccccc4)N3)cc2)cc1. The second-order valence-electron chi connectivity index (χ2n) is 6.02. The predicted octanol–water partition coefficient (Wildman–Crippen LogP) is 3.79. The van der Waals surface area contributed by atoms with Crippen LogP contribution in [0.4, 0.5) is 0 Å². The van der Waals surface area contributed by atoms with Crippen molar-refractivity contribution in [2.75, 3.05) is 6.67 Å². The molecule has 1 saturated heterocycles. The zero-order valence-corrected chi connectivity index (χ0v) is 13.4. The van der Waals surface area contributed by atoms with E-state index in [1.807, 2.05) is 12.1 Å². The quantitative estimate of drug-likeness (QED) is 0.688. The molecule has 1 aliphatic rings. The molecule has 3 heteroatoms. The summed E-state index contributed by atoms with van der Waals surface area (Å²) in [5.74, 6) is 0. The molecule has 0 bridgehead atoms. The van der Waals surface area contributed by atoms with Gasteiger partial charge in [0.15, 0.2) is 0 Å². The average Bonchev–Trinajstić information content (AvgIpc) is 2.70. The van der Waals surface area contributed by atoms with E-state index in [1.54, 1.807) is 0 Å². The molecular formula is C21H21N3. The minimum absolute atomic E-state index is 0.140. The Morgan fingerprint density at radius 3 is 1.67 bits per heavy atom. The number of benzene rings is 3. The fourth-order valence-electron chi connectivity index (χ4n) is 3.12. The van der Waals surface area contributed by atoms with Crippen LogP contribution in [-0.4, -0.2) is 6.67 Å². The van der Waals surface area contributed by atoms with Crippen molar-refractivity contribution < 1.29 is 0 Å². The average molecular weight is 315 g/mol. The first-order valence-electron chi connectivity index (χ1n) is 8.33. The van der Waals surface area contributed by atoms with Crippen LogP contribution < -0.4 is 16.0 Å². The van der Waals surface area contributed by atoms with Crippen LogP contribution in [0.25, 0.3) is 11.1 Å². The zero-order chi connectivity index (χ0) is 16.2. The molecule has 0 amide bonds. The Bertz CT molecular complexity index is 769. The standard InChI is InChI=1S/C21H21N3/c1-3-7-16(8-4-1)17-11-13-19(14-12-17)21-23-15-22-20(24-21)18-9-5-2-6-10-18/h1-14,20-24H,15H2. The molecule has 2 unspecified atom stereocenters. The van der Waals surface area contributed by atoms with Gasteiger partial charge in [-0.2, -0.15) is 0 Å². The zero-order valence-electron chi connectivity index (χ0n) is 13.4. The van der Waals surface area contributed by atoms with Gasteiger partial charge < -0.3 is 0 Å². The molecule has 3 N–H and O–H groups in total. The van der Waals surface area contributed by atoms with Crippen LogP contribution in [0.3, 0.4) is 0 Å². The summed E-state index contributed by atoms with van der Waals surface area (Å²) in [7, 11) is 0. The highest BCUT2D eigenvalue weighted by Gasteiger charge is 2.21. The lowest BCUT2D eigenvalue weighted by molar-refractivity contribution is 0.267. The van der Waals surface area contributed by atoms with Gasteiger partial charge in [-0.15, -0.1) is 0 Å². The van der Waals surface area contributed by atoms with Crippen LogP contribution in [0.2, 0.25) is 0 Å². The summed E-state index contributed by atoms with van der Waals surface area (Å²) in [6, 6.07) is 29.7. The van der Waals surface area contributed by atoms with Crippen LogP contribution in [0.1, 0.15) is 23.5 Å². The van der Waals surface area contributed by atoms with Crippen LogP contribution >= 0.6 is 0 Å². The normalized spacial score (nSPS) is 20.7. The van der Waals surface area contributed by atoms with E-state index in [9.17, 15) is 0 Å². The maximum absolute atomic E-state index is 3.62. The van der Waals surface area contributed by atoms with E-state index >= 15 is 0 Å². The molecule has 24 heavy (non-hydrogen) atoms. The van der Waals surface area contributed by atoms with Gasteiger partial charge in [-0.1, -0.05) is 84.9 Å². The lowest BCUT2D eigenvalue weighted by Gasteiger charge is -2.33. The van der Waals surface area contributed by atoms with E-state index in [-0.39, 0.29) is 12.3 Å². The first kappa shape index (κ1) is 15.1. The third-order valence-corrected chi connectivity index (χ3v) is 4.43. The van der Waals surface area contributed by atoms with E-state index in [4.69, 9.17) is 0 Å². The van der Waals surface area contributed by atoms with Crippen molar-refractivity contribution >= 4 is 0 Å². The number of rotatable bonds is 3. The Balaban J connectivity index is 1.51. The van der Waals surface area contributed by atoms with E-state index in [0.717, 1.165) is 6.67 Å². The van der Waals surface area contributed by atoms with Crippen LogP contribution in [-0.2, 0) is 0 Å². The molecule has 1 aliphatic heterocycles. The summed E-state index contributed by atoms with van der Waals surface area (Å²) in [5, 5.41) is 10.5. The summed E-state index contributed by atoms with van der Waals surface area (Å²) in [4.78, 5) is 0. The van der Waals surface area contributed by atoms with Crippen molar-refractivity contribution in [1.82, 2.24) is 16.0 Å². The van der Waals surface area contributed by atoms with Crippen LogP contribution in [0, 0.1) is 0 Å². The molecule has 120 valence electrons. The highest BCUT2D eigenvalue weighted by molar-refractivity contribution is 5.63. The van der Waals surface area contributed by atoms with Gasteiger partial charge in [0.1, 0.15) is 0 Å². The second-order valence-corrected chi connectivity index (χ2v) is 6.02. The Hall–Kier alpha value is -2.46. The number of hydrogen-bond donors (Lipinski definition) is 3.